The van der Waals surface area contributed by atoms with E-state index >= 15 is 0 Å². The number of hydrogen-bond donors (Lipinski definition) is 2. The molecule has 5 heteroatoms. The molecule has 0 atom stereocenters. The lowest BCUT2D eigenvalue weighted by Gasteiger charge is -2.31. The van der Waals surface area contributed by atoms with Gasteiger partial charge in [0.1, 0.15) is 5.82 Å². The fourth-order valence-corrected chi connectivity index (χ4v) is 2.92. The first-order valence-corrected chi connectivity index (χ1v) is 8.89. The van der Waals surface area contributed by atoms with Crippen molar-refractivity contribution in [2.75, 3.05) is 31.6 Å². The molecule has 3 rings (SSSR count). The Hall–Kier alpha value is -1.78. The molecule has 1 aliphatic heterocycles. The molecular formula is C18H29N5. The molecule has 0 unspecified atom stereocenters. The monoisotopic (exact) mass is 315 g/mol. The Morgan fingerprint density at radius 3 is 2.61 bits per heavy atom. The fraction of sp³-hybridized carbons (Fsp3) is 0.667. The van der Waals surface area contributed by atoms with Crippen LogP contribution in [0.3, 0.4) is 0 Å². The number of rotatable bonds is 5. The summed E-state index contributed by atoms with van der Waals surface area (Å²) in [5.74, 6) is 3.69. The predicted molar refractivity (Wildman–Crippen MR) is 95.8 cm³/mol. The van der Waals surface area contributed by atoms with E-state index in [9.17, 15) is 0 Å². The Labute approximate surface area is 139 Å². The summed E-state index contributed by atoms with van der Waals surface area (Å²) in [6, 6.07) is 4.31. The summed E-state index contributed by atoms with van der Waals surface area (Å²) in [6.45, 7) is 6.38. The van der Waals surface area contributed by atoms with Gasteiger partial charge in [-0.3, -0.25) is 4.99 Å². The molecule has 2 heterocycles. The number of hydrogen-bond acceptors (Lipinski definition) is 3. The molecule has 0 spiro atoms. The van der Waals surface area contributed by atoms with Gasteiger partial charge in [0, 0.05) is 39.4 Å². The van der Waals surface area contributed by atoms with Crippen LogP contribution in [0.2, 0.25) is 0 Å². The quantitative estimate of drug-likeness (QED) is 0.647. The number of aliphatic imine (C=N–C) groups is 1. The van der Waals surface area contributed by atoms with Gasteiger partial charge in [-0.2, -0.15) is 0 Å². The molecular weight excluding hydrogens is 286 g/mol. The van der Waals surface area contributed by atoms with Gasteiger partial charge in [-0.1, -0.05) is 13.0 Å². The van der Waals surface area contributed by atoms with E-state index in [0.717, 1.165) is 49.8 Å². The maximum Gasteiger partial charge on any atom is 0.191 e. The van der Waals surface area contributed by atoms with E-state index in [-0.39, 0.29) is 0 Å². The standard InChI is InChI=1S/C18H29N5/c1-14-7-9-23(10-8-14)17-6-5-16(12-20-17)13-22-18(19-2)21-11-15-3-4-15/h5-6,12,14-15H,3-4,7-11,13H2,1-2H3,(H2,19,21,22). The minimum atomic E-state index is 0.759. The number of anilines is 1. The zero-order valence-electron chi connectivity index (χ0n) is 14.4. The fourth-order valence-electron chi connectivity index (χ4n) is 2.92. The topological polar surface area (TPSA) is 52.6 Å². The van der Waals surface area contributed by atoms with E-state index in [2.05, 4.69) is 44.6 Å². The second kappa shape index (κ2) is 7.66. The van der Waals surface area contributed by atoms with E-state index in [4.69, 9.17) is 0 Å². The maximum absolute atomic E-state index is 4.64. The summed E-state index contributed by atoms with van der Waals surface area (Å²) in [5.41, 5.74) is 1.19. The lowest BCUT2D eigenvalue weighted by atomic mass is 9.99. The average Bonchev–Trinajstić information content (AvgIpc) is 3.41. The SMILES string of the molecule is CN=C(NCc1ccc(N2CCC(C)CC2)nc1)NCC1CC1. The van der Waals surface area contributed by atoms with Crippen molar-refractivity contribution in [1.29, 1.82) is 0 Å². The van der Waals surface area contributed by atoms with Crippen LogP contribution in [0.5, 0.6) is 0 Å². The van der Waals surface area contributed by atoms with Crippen LogP contribution in [0, 0.1) is 11.8 Å². The van der Waals surface area contributed by atoms with E-state index in [0.29, 0.717) is 0 Å². The van der Waals surface area contributed by atoms with Crippen molar-refractivity contribution in [2.45, 2.75) is 39.2 Å². The number of piperidine rings is 1. The summed E-state index contributed by atoms with van der Waals surface area (Å²) in [7, 11) is 1.82. The Morgan fingerprint density at radius 1 is 1.22 bits per heavy atom. The van der Waals surface area contributed by atoms with Gasteiger partial charge in [-0.05, 0) is 49.1 Å². The Balaban J connectivity index is 1.46. The van der Waals surface area contributed by atoms with E-state index in [1.54, 1.807) is 0 Å². The van der Waals surface area contributed by atoms with Gasteiger partial charge in [0.15, 0.2) is 5.96 Å². The first-order chi connectivity index (χ1) is 11.2. The van der Waals surface area contributed by atoms with Crippen molar-refractivity contribution in [2.24, 2.45) is 16.8 Å². The minimum Gasteiger partial charge on any atom is -0.357 e. The molecule has 1 aromatic heterocycles. The van der Waals surface area contributed by atoms with Crippen LogP contribution in [0.1, 0.15) is 38.2 Å². The molecule has 1 saturated carbocycles. The molecule has 126 valence electrons. The number of pyridine rings is 1. The van der Waals surface area contributed by atoms with Crippen molar-refractivity contribution in [3.8, 4) is 0 Å². The van der Waals surface area contributed by atoms with Crippen molar-refractivity contribution in [1.82, 2.24) is 15.6 Å². The lowest BCUT2D eigenvalue weighted by Crippen LogP contribution is -2.37. The third-order valence-corrected chi connectivity index (χ3v) is 4.86. The molecule has 0 radical (unpaired) electrons. The molecule has 23 heavy (non-hydrogen) atoms. The van der Waals surface area contributed by atoms with Gasteiger partial charge in [0.25, 0.3) is 0 Å². The molecule has 2 N–H and O–H groups in total. The van der Waals surface area contributed by atoms with Crippen molar-refractivity contribution in [3.63, 3.8) is 0 Å². The molecule has 2 fully saturated rings. The van der Waals surface area contributed by atoms with Crippen LogP contribution < -0.4 is 15.5 Å². The number of nitrogens with one attached hydrogen (secondary N) is 2. The molecule has 0 aromatic carbocycles. The van der Waals surface area contributed by atoms with Crippen LogP contribution >= 0.6 is 0 Å². The molecule has 1 aromatic rings. The van der Waals surface area contributed by atoms with E-state index in [1.807, 2.05) is 13.2 Å². The number of guanidine groups is 1. The van der Waals surface area contributed by atoms with Gasteiger partial charge in [-0.25, -0.2) is 4.98 Å². The Kier molecular flexibility index (Phi) is 5.36. The van der Waals surface area contributed by atoms with Gasteiger partial charge < -0.3 is 15.5 Å². The molecule has 0 amide bonds. The van der Waals surface area contributed by atoms with Gasteiger partial charge in [0.2, 0.25) is 0 Å². The second-order valence-electron chi connectivity index (χ2n) is 6.94. The summed E-state index contributed by atoms with van der Waals surface area (Å²) in [4.78, 5) is 11.3. The molecule has 1 aliphatic carbocycles. The van der Waals surface area contributed by atoms with Crippen LogP contribution in [0.15, 0.2) is 23.3 Å². The largest absolute Gasteiger partial charge is 0.357 e. The maximum atomic E-state index is 4.64. The van der Waals surface area contributed by atoms with Gasteiger partial charge >= 0.3 is 0 Å². The summed E-state index contributed by atoms with van der Waals surface area (Å²) < 4.78 is 0. The highest BCUT2D eigenvalue weighted by Gasteiger charge is 2.21. The van der Waals surface area contributed by atoms with Crippen molar-refractivity contribution >= 4 is 11.8 Å². The second-order valence-corrected chi connectivity index (χ2v) is 6.94. The lowest BCUT2D eigenvalue weighted by molar-refractivity contribution is 0.436. The third kappa shape index (κ3) is 4.85. The number of aromatic nitrogens is 1. The Morgan fingerprint density at radius 2 is 2.00 bits per heavy atom. The normalized spacial score (nSPS) is 19.7. The first kappa shape index (κ1) is 16.1. The van der Waals surface area contributed by atoms with Crippen LogP contribution in [0.4, 0.5) is 5.82 Å². The molecule has 2 aliphatic rings. The van der Waals surface area contributed by atoms with Crippen molar-refractivity contribution in [3.05, 3.63) is 23.9 Å². The van der Waals surface area contributed by atoms with E-state index < -0.39 is 0 Å². The average molecular weight is 315 g/mol. The smallest absolute Gasteiger partial charge is 0.191 e. The minimum absolute atomic E-state index is 0.759. The third-order valence-electron chi connectivity index (χ3n) is 4.86. The van der Waals surface area contributed by atoms with Crippen molar-refractivity contribution < 1.29 is 0 Å². The highest BCUT2D eigenvalue weighted by molar-refractivity contribution is 5.79. The zero-order valence-corrected chi connectivity index (χ0v) is 14.4. The summed E-state index contributed by atoms with van der Waals surface area (Å²) >= 11 is 0. The molecule has 0 bridgehead atoms. The zero-order chi connectivity index (χ0) is 16.1. The van der Waals surface area contributed by atoms with Gasteiger partial charge in [-0.15, -0.1) is 0 Å². The van der Waals surface area contributed by atoms with Crippen LogP contribution in [-0.4, -0.2) is 37.6 Å². The highest BCUT2D eigenvalue weighted by Crippen LogP contribution is 2.27. The molecule has 1 saturated heterocycles. The predicted octanol–water partition coefficient (Wildman–Crippen LogP) is 2.39. The van der Waals surface area contributed by atoms with Gasteiger partial charge in [0.05, 0.1) is 0 Å². The Bertz CT molecular complexity index is 513. The van der Waals surface area contributed by atoms with E-state index in [1.165, 1.54) is 31.2 Å². The molecule has 5 nitrogen and oxygen atoms in total. The van der Waals surface area contributed by atoms with Crippen LogP contribution in [-0.2, 0) is 6.54 Å². The number of nitrogens with zero attached hydrogens (tertiary/aromatic N) is 3. The highest BCUT2D eigenvalue weighted by atomic mass is 15.2. The summed E-state index contributed by atoms with van der Waals surface area (Å²) in [5, 5.41) is 6.74. The summed E-state index contributed by atoms with van der Waals surface area (Å²) in [6.07, 6.45) is 7.23. The first-order valence-electron chi connectivity index (χ1n) is 8.89. The van der Waals surface area contributed by atoms with Crippen LogP contribution in [0.25, 0.3) is 0 Å².